The Morgan fingerprint density at radius 2 is 2.00 bits per heavy atom. The van der Waals surface area contributed by atoms with Crippen molar-refractivity contribution in [3.8, 4) is 0 Å². The molecule has 0 fully saturated rings. The maximum absolute atomic E-state index is 11.9. The highest BCUT2D eigenvalue weighted by atomic mass is 16.5. The Kier molecular flexibility index (Phi) is 3.32. The monoisotopic (exact) mass is 246 g/mol. The zero-order chi connectivity index (χ0) is 13.1. The minimum atomic E-state index is -0.611. The van der Waals surface area contributed by atoms with E-state index in [4.69, 9.17) is 4.52 Å². The lowest BCUT2D eigenvalue weighted by Crippen LogP contribution is -2.27. The van der Waals surface area contributed by atoms with Crippen molar-refractivity contribution >= 4 is 5.91 Å². The Hall–Kier alpha value is -2.30. The third kappa shape index (κ3) is 2.34. The fourth-order valence-electron chi connectivity index (χ4n) is 1.67. The number of carbonyl (C=O) groups excluding carboxylic acids is 1. The van der Waals surface area contributed by atoms with Crippen molar-refractivity contribution in [1.29, 1.82) is 0 Å². The van der Waals surface area contributed by atoms with Crippen molar-refractivity contribution < 1.29 is 9.32 Å². The molecular weight excluding hydrogens is 232 g/mol. The molecule has 0 spiro atoms. The molecule has 1 amide bonds. The van der Waals surface area contributed by atoms with Crippen LogP contribution in [-0.2, 0) is 13.6 Å². The van der Waals surface area contributed by atoms with Crippen LogP contribution in [0.25, 0.3) is 0 Å². The number of aryl methyl sites for hydroxylation is 1. The first-order chi connectivity index (χ1) is 8.59. The number of benzene rings is 1. The predicted molar refractivity (Wildman–Crippen MR) is 66.3 cm³/mol. The van der Waals surface area contributed by atoms with Crippen LogP contribution in [0.15, 0.2) is 39.6 Å². The average molecular weight is 246 g/mol. The lowest BCUT2D eigenvalue weighted by Gasteiger charge is -2.03. The summed E-state index contributed by atoms with van der Waals surface area (Å²) in [6.07, 6.45) is 0. The van der Waals surface area contributed by atoms with E-state index >= 15 is 0 Å². The van der Waals surface area contributed by atoms with Crippen LogP contribution < -0.4 is 10.9 Å². The minimum Gasteiger partial charge on any atom is -0.348 e. The molecule has 94 valence electrons. The highest BCUT2D eigenvalue weighted by Gasteiger charge is 2.18. The van der Waals surface area contributed by atoms with Crippen LogP contribution in [0.2, 0.25) is 0 Å². The summed E-state index contributed by atoms with van der Waals surface area (Å²) < 4.78 is 6.11. The van der Waals surface area contributed by atoms with E-state index in [1.165, 1.54) is 4.74 Å². The molecule has 1 aromatic carbocycles. The van der Waals surface area contributed by atoms with Gasteiger partial charge >= 0.3 is 5.63 Å². The van der Waals surface area contributed by atoms with Gasteiger partial charge in [-0.2, -0.15) is 0 Å². The second-order valence-corrected chi connectivity index (χ2v) is 4.00. The predicted octanol–water partition coefficient (Wildman–Crippen LogP) is 1.22. The fourth-order valence-corrected chi connectivity index (χ4v) is 1.67. The van der Waals surface area contributed by atoms with Gasteiger partial charge in [0, 0.05) is 13.6 Å². The smallest absolute Gasteiger partial charge is 0.348 e. The van der Waals surface area contributed by atoms with E-state index in [0.717, 1.165) is 5.56 Å². The van der Waals surface area contributed by atoms with Crippen LogP contribution in [0.1, 0.15) is 21.6 Å². The number of hydrogen-bond donors (Lipinski definition) is 1. The molecule has 0 atom stereocenters. The van der Waals surface area contributed by atoms with Gasteiger partial charge in [-0.1, -0.05) is 30.3 Å². The zero-order valence-corrected chi connectivity index (χ0v) is 10.3. The van der Waals surface area contributed by atoms with Crippen LogP contribution in [0.5, 0.6) is 0 Å². The summed E-state index contributed by atoms with van der Waals surface area (Å²) in [7, 11) is 1.59. The lowest BCUT2D eigenvalue weighted by molar-refractivity contribution is 0.0948. The third-order valence-corrected chi connectivity index (χ3v) is 2.78. The van der Waals surface area contributed by atoms with Crippen molar-refractivity contribution in [2.45, 2.75) is 13.5 Å². The Balaban J connectivity index is 2.11. The first-order valence-corrected chi connectivity index (χ1v) is 5.58. The van der Waals surface area contributed by atoms with E-state index < -0.39 is 11.5 Å². The summed E-state index contributed by atoms with van der Waals surface area (Å²) in [4.78, 5) is 23.4. The number of nitrogens with one attached hydrogen (secondary N) is 1. The second-order valence-electron chi connectivity index (χ2n) is 4.00. The molecule has 0 aliphatic rings. The molecule has 1 heterocycles. The average Bonchev–Trinajstić information content (AvgIpc) is 2.62. The summed E-state index contributed by atoms with van der Waals surface area (Å²) in [6, 6.07) is 9.50. The summed E-state index contributed by atoms with van der Waals surface area (Å²) >= 11 is 0. The fraction of sp³-hybridized carbons (Fsp3) is 0.231. The largest absolute Gasteiger partial charge is 0.370 e. The molecule has 5 heteroatoms. The Labute approximate surface area is 104 Å². The van der Waals surface area contributed by atoms with Crippen molar-refractivity contribution in [3.63, 3.8) is 0 Å². The van der Waals surface area contributed by atoms with Crippen LogP contribution in [0.4, 0.5) is 0 Å². The first kappa shape index (κ1) is 12.2. The van der Waals surface area contributed by atoms with Gasteiger partial charge in [-0.15, -0.1) is 0 Å². The van der Waals surface area contributed by atoms with E-state index in [0.29, 0.717) is 12.2 Å². The van der Waals surface area contributed by atoms with E-state index in [1.54, 1.807) is 14.0 Å². The van der Waals surface area contributed by atoms with E-state index in [9.17, 15) is 9.59 Å². The molecule has 18 heavy (non-hydrogen) atoms. The number of rotatable bonds is 3. The quantitative estimate of drug-likeness (QED) is 0.885. The first-order valence-electron chi connectivity index (χ1n) is 5.58. The molecule has 1 aromatic heterocycles. The summed E-state index contributed by atoms with van der Waals surface area (Å²) in [6.45, 7) is 2.05. The van der Waals surface area contributed by atoms with E-state index in [1.807, 2.05) is 30.3 Å². The molecule has 0 radical (unpaired) electrons. The van der Waals surface area contributed by atoms with Crippen LogP contribution in [0.3, 0.4) is 0 Å². The lowest BCUT2D eigenvalue weighted by atomic mass is 10.2. The van der Waals surface area contributed by atoms with E-state index in [-0.39, 0.29) is 5.56 Å². The van der Waals surface area contributed by atoms with Crippen LogP contribution >= 0.6 is 0 Å². The molecule has 2 rings (SSSR count). The maximum Gasteiger partial charge on any atom is 0.370 e. The molecule has 1 N–H and O–H groups in total. The number of hydrogen-bond acceptors (Lipinski definition) is 3. The second kappa shape index (κ2) is 4.91. The Morgan fingerprint density at radius 3 is 2.56 bits per heavy atom. The Morgan fingerprint density at radius 1 is 1.33 bits per heavy atom. The number of aromatic nitrogens is 1. The summed E-state index contributed by atoms with van der Waals surface area (Å²) in [5.41, 5.74) is 0.948. The van der Waals surface area contributed by atoms with Gasteiger partial charge in [0.15, 0.2) is 0 Å². The molecule has 0 bridgehead atoms. The molecule has 2 aromatic rings. The van der Waals surface area contributed by atoms with E-state index in [2.05, 4.69) is 5.32 Å². The molecule has 0 aliphatic heterocycles. The van der Waals surface area contributed by atoms with Crippen molar-refractivity contribution in [2.24, 2.45) is 7.05 Å². The zero-order valence-electron chi connectivity index (χ0n) is 10.3. The topological polar surface area (TPSA) is 64.2 Å². The molecule has 0 saturated heterocycles. The normalized spacial score (nSPS) is 10.3. The third-order valence-electron chi connectivity index (χ3n) is 2.78. The molecule has 0 aliphatic carbocycles. The highest BCUT2D eigenvalue weighted by Crippen LogP contribution is 2.03. The standard InChI is InChI=1S/C13H14N2O3/c1-9-11(13(17)18-15(9)2)12(16)14-8-10-6-4-3-5-7-10/h3-7H,8H2,1-2H3,(H,14,16). The maximum atomic E-state index is 11.9. The van der Waals surface area contributed by atoms with Gasteiger partial charge in [-0.3, -0.25) is 4.79 Å². The molecular formula is C13H14N2O3. The summed E-state index contributed by atoms with van der Waals surface area (Å²) in [5.74, 6) is -0.411. The van der Waals surface area contributed by atoms with Gasteiger partial charge in [0.2, 0.25) is 0 Å². The van der Waals surface area contributed by atoms with Gasteiger partial charge in [-0.25, -0.2) is 9.53 Å². The van der Waals surface area contributed by atoms with Gasteiger partial charge in [-0.05, 0) is 12.5 Å². The number of amides is 1. The van der Waals surface area contributed by atoms with Gasteiger partial charge in [0.25, 0.3) is 5.91 Å². The van der Waals surface area contributed by atoms with Crippen molar-refractivity contribution in [1.82, 2.24) is 10.1 Å². The van der Waals surface area contributed by atoms with Crippen LogP contribution in [-0.4, -0.2) is 10.6 Å². The van der Waals surface area contributed by atoms with Crippen LogP contribution in [0, 0.1) is 6.92 Å². The molecule has 0 saturated carbocycles. The highest BCUT2D eigenvalue weighted by molar-refractivity contribution is 5.94. The number of carbonyl (C=O) groups is 1. The van der Waals surface area contributed by atoms with Crippen molar-refractivity contribution in [3.05, 3.63) is 57.6 Å². The minimum absolute atomic E-state index is 0.0634. The van der Waals surface area contributed by atoms with Gasteiger partial charge in [0.1, 0.15) is 5.56 Å². The van der Waals surface area contributed by atoms with Gasteiger partial charge in [0.05, 0.1) is 5.69 Å². The Bertz CT molecular complexity index is 611. The van der Waals surface area contributed by atoms with Gasteiger partial charge < -0.3 is 9.84 Å². The SMILES string of the molecule is Cc1c(C(=O)NCc2ccccc2)c(=O)on1C. The molecule has 0 unspecified atom stereocenters. The number of nitrogens with zero attached hydrogens (tertiary/aromatic N) is 1. The molecule has 5 nitrogen and oxygen atoms in total. The van der Waals surface area contributed by atoms with Crippen molar-refractivity contribution in [2.75, 3.05) is 0 Å². The summed E-state index contributed by atoms with van der Waals surface area (Å²) in [5, 5.41) is 2.70.